The Morgan fingerprint density at radius 2 is 1.90 bits per heavy atom. The van der Waals surface area contributed by atoms with Gasteiger partial charge in [0.2, 0.25) is 5.91 Å². The molecule has 2 atom stereocenters. The van der Waals surface area contributed by atoms with Crippen LogP contribution in [0.4, 0.5) is 0 Å². The smallest absolute Gasteiger partial charge is 0.308 e. The molecule has 1 aromatic rings. The SMILES string of the molecule is O=C(O)C1CCC(=O)N(C2CC2)C1c1ccc(Cl)c(Cl)c1. The van der Waals surface area contributed by atoms with Gasteiger partial charge in [-0.2, -0.15) is 0 Å². The quantitative estimate of drug-likeness (QED) is 0.924. The zero-order valence-electron chi connectivity index (χ0n) is 11.3. The monoisotopic (exact) mass is 327 g/mol. The third kappa shape index (κ3) is 2.74. The first-order chi connectivity index (χ1) is 9.99. The van der Waals surface area contributed by atoms with E-state index in [4.69, 9.17) is 23.2 Å². The lowest BCUT2D eigenvalue weighted by Crippen LogP contribution is -2.46. The van der Waals surface area contributed by atoms with Crippen molar-refractivity contribution in [2.24, 2.45) is 5.92 Å². The molecule has 1 aliphatic heterocycles. The van der Waals surface area contributed by atoms with Crippen molar-refractivity contribution < 1.29 is 14.7 Å². The number of carbonyl (C=O) groups is 2. The molecule has 1 saturated heterocycles. The Kier molecular flexibility index (Phi) is 3.84. The molecular formula is C15H15Cl2NO3. The van der Waals surface area contributed by atoms with Gasteiger partial charge in [0.05, 0.1) is 22.0 Å². The standard InChI is InChI=1S/C15H15Cl2NO3/c16-11-5-1-8(7-12(11)17)14-10(15(20)21)4-6-13(19)18(14)9-2-3-9/h1,5,7,9-10,14H,2-4,6H2,(H,20,21). The van der Waals surface area contributed by atoms with Gasteiger partial charge < -0.3 is 10.0 Å². The first-order valence-corrected chi connectivity index (χ1v) is 7.73. The molecule has 4 nitrogen and oxygen atoms in total. The van der Waals surface area contributed by atoms with Gasteiger partial charge in [-0.25, -0.2) is 0 Å². The highest BCUT2D eigenvalue weighted by Gasteiger charge is 2.46. The summed E-state index contributed by atoms with van der Waals surface area (Å²) < 4.78 is 0. The largest absolute Gasteiger partial charge is 0.481 e. The average molecular weight is 328 g/mol. The number of rotatable bonds is 3. The Labute approximate surface area is 132 Å². The molecule has 6 heteroatoms. The van der Waals surface area contributed by atoms with Crippen LogP contribution < -0.4 is 0 Å². The Bertz CT molecular complexity index is 601. The number of nitrogens with zero attached hydrogens (tertiary/aromatic N) is 1. The molecule has 0 spiro atoms. The van der Waals surface area contributed by atoms with Crippen molar-refractivity contribution in [1.29, 1.82) is 0 Å². The van der Waals surface area contributed by atoms with E-state index in [1.165, 1.54) is 0 Å². The molecule has 1 amide bonds. The third-order valence-electron chi connectivity index (χ3n) is 4.18. The Morgan fingerprint density at radius 3 is 2.48 bits per heavy atom. The molecule has 1 saturated carbocycles. The zero-order valence-corrected chi connectivity index (χ0v) is 12.8. The van der Waals surface area contributed by atoms with Gasteiger partial charge in [0, 0.05) is 12.5 Å². The normalized spacial score (nSPS) is 26.0. The number of amides is 1. The van der Waals surface area contributed by atoms with Gasteiger partial charge in [-0.05, 0) is 37.0 Å². The fourth-order valence-corrected chi connectivity index (χ4v) is 3.35. The van der Waals surface area contributed by atoms with Crippen molar-refractivity contribution in [3.63, 3.8) is 0 Å². The van der Waals surface area contributed by atoms with E-state index in [1.54, 1.807) is 23.1 Å². The zero-order chi connectivity index (χ0) is 15.1. The van der Waals surface area contributed by atoms with E-state index < -0.39 is 17.9 Å². The molecule has 0 bridgehead atoms. The molecule has 3 rings (SSSR count). The Morgan fingerprint density at radius 1 is 1.19 bits per heavy atom. The molecule has 2 fully saturated rings. The van der Waals surface area contributed by atoms with E-state index in [0.717, 1.165) is 18.4 Å². The first-order valence-electron chi connectivity index (χ1n) is 6.98. The minimum atomic E-state index is -0.871. The lowest BCUT2D eigenvalue weighted by Gasteiger charge is -2.40. The number of halogens is 2. The summed E-state index contributed by atoms with van der Waals surface area (Å²) in [5.74, 6) is -1.43. The van der Waals surface area contributed by atoms with Crippen LogP contribution in [0.15, 0.2) is 18.2 Å². The molecule has 2 unspecified atom stereocenters. The highest BCUT2D eigenvalue weighted by Crippen LogP contribution is 2.44. The van der Waals surface area contributed by atoms with Crippen LogP contribution in [0, 0.1) is 5.92 Å². The molecule has 1 heterocycles. The highest BCUT2D eigenvalue weighted by molar-refractivity contribution is 6.42. The van der Waals surface area contributed by atoms with Crippen LogP contribution in [-0.4, -0.2) is 27.9 Å². The van der Waals surface area contributed by atoms with Crippen molar-refractivity contribution in [3.8, 4) is 0 Å². The molecule has 21 heavy (non-hydrogen) atoms. The molecule has 112 valence electrons. The molecule has 1 N–H and O–H groups in total. The van der Waals surface area contributed by atoms with Gasteiger partial charge in [0.1, 0.15) is 0 Å². The summed E-state index contributed by atoms with van der Waals surface area (Å²) >= 11 is 12.0. The fourth-order valence-electron chi connectivity index (χ4n) is 3.05. The summed E-state index contributed by atoms with van der Waals surface area (Å²) in [4.78, 5) is 25.6. The summed E-state index contributed by atoms with van der Waals surface area (Å²) in [6.45, 7) is 0. The number of carbonyl (C=O) groups excluding carboxylic acids is 1. The number of piperidine rings is 1. The second-order valence-electron chi connectivity index (χ2n) is 5.63. The number of carboxylic acid groups (broad SMARTS) is 1. The van der Waals surface area contributed by atoms with Crippen LogP contribution >= 0.6 is 23.2 Å². The average Bonchev–Trinajstić information content (AvgIpc) is 3.25. The number of hydrogen-bond acceptors (Lipinski definition) is 2. The minimum Gasteiger partial charge on any atom is -0.481 e. The Hall–Kier alpha value is -1.26. The van der Waals surface area contributed by atoms with Gasteiger partial charge in [0.15, 0.2) is 0 Å². The maximum Gasteiger partial charge on any atom is 0.308 e. The summed E-state index contributed by atoms with van der Waals surface area (Å²) in [6.07, 6.45) is 2.54. The summed E-state index contributed by atoms with van der Waals surface area (Å²) in [7, 11) is 0. The van der Waals surface area contributed by atoms with Crippen molar-refractivity contribution in [2.75, 3.05) is 0 Å². The second-order valence-corrected chi connectivity index (χ2v) is 6.45. The topological polar surface area (TPSA) is 57.6 Å². The molecule has 0 aromatic heterocycles. The number of hydrogen-bond donors (Lipinski definition) is 1. The van der Waals surface area contributed by atoms with Crippen LogP contribution in [0.1, 0.15) is 37.3 Å². The van der Waals surface area contributed by atoms with Crippen molar-refractivity contribution in [1.82, 2.24) is 4.90 Å². The second kappa shape index (κ2) is 5.50. The van der Waals surface area contributed by atoms with Gasteiger partial charge >= 0.3 is 5.97 Å². The van der Waals surface area contributed by atoms with E-state index in [2.05, 4.69) is 0 Å². The van der Waals surface area contributed by atoms with Crippen LogP contribution in [0.25, 0.3) is 0 Å². The van der Waals surface area contributed by atoms with Crippen LogP contribution in [0.5, 0.6) is 0 Å². The van der Waals surface area contributed by atoms with Crippen molar-refractivity contribution in [2.45, 2.75) is 37.8 Å². The molecule has 0 radical (unpaired) electrons. The summed E-state index contributed by atoms with van der Waals surface area (Å²) in [5.41, 5.74) is 0.747. The van der Waals surface area contributed by atoms with E-state index in [0.29, 0.717) is 22.9 Å². The number of carboxylic acids is 1. The maximum atomic E-state index is 12.3. The third-order valence-corrected chi connectivity index (χ3v) is 4.92. The first kappa shape index (κ1) is 14.7. The molecule has 1 aromatic carbocycles. The van der Waals surface area contributed by atoms with Crippen LogP contribution in [-0.2, 0) is 9.59 Å². The number of likely N-dealkylation sites (tertiary alicyclic amines) is 1. The fraction of sp³-hybridized carbons (Fsp3) is 0.467. The Balaban J connectivity index is 2.03. The molecular weight excluding hydrogens is 313 g/mol. The van der Waals surface area contributed by atoms with E-state index >= 15 is 0 Å². The molecule has 1 aliphatic carbocycles. The van der Waals surface area contributed by atoms with Crippen LogP contribution in [0.2, 0.25) is 10.0 Å². The van der Waals surface area contributed by atoms with E-state index in [1.807, 2.05) is 0 Å². The highest BCUT2D eigenvalue weighted by atomic mass is 35.5. The predicted octanol–water partition coefficient (Wildman–Crippen LogP) is 3.52. The van der Waals surface area contributed by atoms with Gasteiger partial charge in [-0.1, -0.05) is 29.3 Å². The number of aliphatic carboxylic acids is 1. The van der Waals surface area contributed by atoms with Gasteiger partial charge in [0.25, 0.3) is 0 Å². The lowest BCUT2D eigenvalue weighted by molar-refractivity contribution is -0.152. The molecule has 2 aliphatic rings. The van der Waals surface area contributed by atoms with Crippen molar-refractivity contribution >= 4 is 35.1 Å². The van der Waals surface area contributed by atoms with E-state index in [9.17, 15) is 14.7 Å². The number of benzene rings is 1. The minimum absolute atomic E-state index is 0.0334. The van der Waals surface area contributed by atoms with Gasteiger partial charge in [-0.15, -0.1) is 0 Å². The summed E-state index contributed by atoms with van der Waals surface area (Å²) in [5, 5.41) is 10.3. The van der Waals surface area contributed by atoms with Crippen LogP contribution in [0.3, 0.4) is 0 Å². The van der Waals surface area contributed by atoms with E-state index in [-0.39, 0.29) is 11.9 Å². The predicted molar refractivity (Wildman–Crippen MR) is 79.4 cm³/mol. The lowest BCUT2D eigenvalue weighted by atomic mass is 9.84. The van der Waals surface area contributed by atoms with Gasteiger partial charge in [-0.3, -0.25) is 9.59 Å². The maximum absolute atomic E-state index is 12.3. The summed E-state index contributed by atoms with van der Waals surface area (Å²) in [6, 6.07) is 4.81. The van der Waals surface area contributed by atoms with Crippen molar-refractivity contribution in [3.05, 3.63) is 33.8 Å².